The van der Waals surface area contributed by atoms with Crippen molar-refractivity contribution in [1.82, 2.24) is 9.88 Å². The number of nitrogens with zero attached hydrogens (tertiary/aromatic N) is 2. The molecule has 1 unspecified atom stereocenters. The van der Waals surface area contributed by atoms with E-state index < -0.39 is 5.97 Å². The van der Waals surface area contributed by atoms with Crippen LogP contribution >= 0.6 is 0 Å². The van der Waals surface area contributed by atoms with Crippen LogP contribution in [-0.4, -0.2) is 47.2 Å². The van der Waals surface area contributed by atoms with Crippen molar-refractivity contribution in [2.75, 3.05) is 25.9 Å². The van der Waals surface area contributed by atoms with Gasteiger partial charge in [-0.1, -0.05) is 0 Å². The Morgan fingerprint density at radius 2 is 2.47 bits per heavy atom. The van der Waals surface area contributed by atoms with E-state index in [4.69, 9.17) is 15.6 Å². The molecule has 0 radical (unpaired) electrons. The highest BCUT2D eigenvalue weighted by Gasteiger charge is 2.21. The molecule has 0 amide bonds. The third kappa shape index (κ3) is 3.35. The van der Waals surface area contributed by atoms with Gasteiger partial charge in [-0.3, -0.25) is 0 Å². The number of nitrogens with two attached hydrogens (primary N) is 1. The van der Waals surface area contributed by atoms with Gasteiger partial charge in [-0.05, 0) is 38.9 Å². The molecule has 0 bridgehead atoms. The smallest absolute Gasteiger partial charge is 0.339 e. The number of ether oxygens (including phenoxy) is 1. The number of pyridine rings is 1. The van der Waals surface area contributed by atoms with E-state index in [0.717, 1.165) is 13.0 Å². The van der Waals surface area contributed by atoms with Crippen molar-refractivity contribution in [3.05, 3.63) is 17.8 Å². The van der Waals surface area contributed by atoms with E-state index in [1.165, 1.54) is 25.1 Å². The average Bonchev–Trinajstić information content (AvgIpc) is 2.77. The van der Waals surface area contributed by atoms with E-state index in [0.29, 0.717) is 12.6 Å². The lowest BCUT2D eigenvalue weighted by molar-refractivity contribution is 0.0691. The first kappa shape index (κ1) is 13.6. The van der Waals surface area contributed by atoms with Gasteiger partial charge in [0.25, 0.3) is 0 Å². The molecule has 1 aromatic heterocycles. The summed E-state index contributed by atoms with van der Waals surface area (Å²) in [5.41, 5.74) is 5.54. The highest BCUT2D eigenvalue weighted by atomic mass is 16.5. The first-order chi connectivity index (χ1) is 9.08. The van der Waals surface area contributed by atoms with Crippen molar-refractivity contribution in [3.63, 3.8) is 0 Å². The average molecular weight is 265 g/mol. The molecule has 1 aliphatic rings. The molecule has 1 fully saturated rings. The van der Waals surface area contributed by atoms with Crippen LogP contribution in [0.2, 0.25) is 0 Å². The molecule has 1 saturated heterocycles. The Labute approximate surface area is 112 Å². The van der Waals surface area contributed by atoms with Gasteiger partial charge in [0.1, 0.15) is 11.4 Å². The molecule has 0 spiro atoms. The van der Waals surface area contributed by atoms with Crippen LogP contribution < -0.4 is 10.5 Å². The van der Waals surface area contributed by atoms with Gasteiger partial charge in [0.15, 0.2) is 5.75 Å². The zero-order chi connectivity index (χ0) is 13.8. The number of rotatable bonds is 5. The number of anilines is 1. The Balaban J connectivity index is 1.94. The lowest BCUT2D eigenvalue weighted by Crippen LogP contribution is -2.26. The van der Waals surface area contributed by atoms with Crippen molar-refractivity contribution in [2.24, 2.45) is 0 Å². The number of hydrogen-bond donors (Lipinski definition) is 2. The predicted octanol–water partition coefficient (Wildman–Crippen LogP) is 1.23. The molecule has 2 heterocycles. The van der Waals surface area contributed by atoms with Crippen LogP contribution in [0, 0.1) is 0 Å². The zero-order valence-corrected chi connectivity index (χ0v) is 11.0. The molecule has 19 heavy (non-hydrogen) atoms. The van der Waals surface area contributed by atoms with Gasteiger partial charge in [-0.25, -0.2) is 9.78 Å². The van der Waals surface area contributed by atoms with Crippen molar-refractivity contribution in [1.29, 1.82) is 0 Å². The quantitative estimate of drug-likeness (QED) is 0.832. The molecule has 0 saturated carbocycles. The Kier molecular flexibility index (Phi) is 4.21. The maximum Gasteiger partial charge on any atom is 0.339 e. The van der Waals surface area contributed by atoms with E-state index in [-0.39, 0.29) is 17.1 Å². The van der Waals surface area contributed by atoms with Crippen molar-refractivity contribution < 1.29 is 14.6 Å². The summed E-state index contributed by atoms with van der Waals surface area (Å²) in [6.45, 7) is 1.61. The van der Waals surface area contributed by atoms with Crippen LogP contribution in [0.15, 0.2) is 12.3 Å². The van der Waals surface area contributed by atoms with Gasteiger partial charge in [0.2, 0.25) is 0 Å². The van der Waals surface area contributed by atoms with Crippen LogP contribution in [0.25, 0.3) is 0 Å². The summed E-state index contributed by atoms with van der Waals surface area (Å²) < 4.78 is 5.54. The fraction of sp³-hybridized carbons (Fsp3) is 0.538. The van der Waals surface area contributed by atoms with Gasteiger partial charge in [0.05, 0.1) is 12.8 Å². The summed E-state index contributed by atoms with van der Waals surface area (Å²) in [4.78, 5) is 17.2. The largest absolute Gasteiger partial charge is 0.491 e. The first-order valence-electron chi connectivity index (χ1n) is 6.40. The topological polar surface area (TPSA) is 88.7 Å². The number of hydrogen-bond acceptors (Lipinski definition) is 5. The number of nitrogen functional groups attached to an aromatic ring is 1. The Morgan fingerprint density at radius 1 is 1.68 bits per heavy atom. The molecular weight excluding hydrogens is 246 g/mol. The molecule has 3 N–H and O–H groups in total. The van der Waals surface area contributed by atoms with E-state index >= 15 is 0 Å². The second-order valence-corrected chi connectivity index (χ2v) is 4.82. The predicted molar refractivity (Wildman–Crippen MR) is 71.4 cm³/mol. The minimum atomic E-state index is -1.05. The van der Waals surface area contributed by atoms with Gasteiger partial charge in [-0.2, -0.15) is 0 Å². The zero-order valence-electron chi connectivity index (χ0n) is 11.0. The summed E-state index contributed by atoms with van der Waals surface area (Å²) >= 11 is 0. The summed E-state index contributed by atoms with van der Waals surface area (Å²) in [6.07, 6.45) is 4.65. The minimum absolute atomic E-state index is 0.0623. The fourth-order valence-corrected chi connectivity index (χ4v) is 2.39. The Morgan fingerprint density at radius 3 is 3.11 bits per heavy atom. The molecule has 1 atom stereocenters. The molecule has 1 aliphatic heterocycles. The van der Waals surface area contributed by atoms with Crippen LogP contribution in [0.3, 0.4) is 0 Å². The van der Waals surface area contributed by atoms with Gasteiger partial charge < -0.3 is 20.5 Å². The normalized spacial score (nSPS) is 19.5. The Bertz CT molecular complexity index is 464. The maximum atomic E-state index is 11.1. The fourth-order valence-electron chi connectivity index (χ4n) is 2.39. The number of aromatic carboxylic acids is 1. The van der Waals surface area contributed by atoms with Crippen LogP contribution in [0.5, 0.6) is 5.75 Å². The number of carboxylic acid groups (broad SMARTS) is 1. The third-order valence-corrected chi connectivity index (χ3v) is 3.50. The van der Waals surface area contributed by atoms with Crippen LogP contribution in [-0.2, 0) is 0 Å². The molecule has 6 nitrogen and oxygen atoms in total. The first-order valence-corrected chi connectivity index (χ1v) is 6.40. The second-order valence-electron chi connectivity index (χ2n) is 4.82. The lowest BCUT2D eigenvalue weighted by Gasteiger charge is -2.19. The van der Waals surface area contributed by atoms with E-state index in [9.17, 15) is 4.79 Å². The monoisotopic (exact) mass is 265 g/mol. The van der Waals surface area contributed by atoms with Gasteiger partial charge in [0, 0.05) is 6.04 Å². The summed E-state index contributed by atoms with van der Waals surface area (Å²) in [6, 6.07) is 1.84. The second kappa shape index (κ2) is 5.88. The summed E-state index contributed by atoms with van der Waals surface area (Å²) in [7, 11) is 2.10. The highest BCUT2D eigenvalue weighted by molar-refractivity contribution is 5.91. The number of aromatic nitrogens is 1. The maximum absolute atomic E-state index is 11.1. The lowest BCUT2D eigenvalue weighted by atomic mass is 10.1. The number of likely N-dealkylation sites (tertiary alicyclic amines) is 1. The van der Waals surface area contributed by atoms with E-state index in [2.05, 4.69) is 16.9 Å². The molecule has 2 rings (SSSR count). The van der Waals surface area contributed by atoms with Gasteiger partial charge >= 0.3 is 5.97 Å². The number of carboxylic acids is 1. The molecule has 0 aromatic carbocycles. The van der Waals surface area contributed by atoms with Crippen LogP contribution in [0.4, 0.5) is 5.82 Å². The molecule has 104 valence electrons. The van der Waals surface area contributed by atoms with Crippen molar-refractivity contribution >= 4 is 11.8 Å². The molecular formula is C13H19N3O3. The number of carbonyl (C=O) groups is 1. The van der Waals surface area contributed by atoms with Gasteiger partial charge in [-0.15, -0.1) is 0 Å². The van der Waals surface area contributed by atoms with Crippen molar-refractivity contribution in [2.45, 2.75) is 25.3 Å². The standard InChI is InChI=1S/C13H19N3O3/c1-16-5-2-3-9(16)4-6-19-11-8-15-12(14)7-10(11)13(17)18/h7-9H,2-6H2,1H3,(H2,14,15)(H,17,18). The summed E-state index contributed by atoms with van der Waals surface area (Å²) in [5.74, 6) is -0.593. The molecule has 6 heteroatoms. The van der Waals surface area contributed by atoms with E-state index in [1.54, 1.807) is 0 Å². The minimum Gasteiger partial charge on any atom is -0.491 e. The summed E-state index contributed by atoms with van der Waals surface area (Å²) in [5, 5.41) is 9.07. The molecule has 0 aliphatic carbocycles. The van der Waals surface area contributed by atoms with Crippen molar-refractivity contribution in [3.8, 4) is 5.75 Å². The highest BCUT2D eigenvalue weighted by Crippen LogP contribution is 2.21. The van der Waals surface area contributed by atoms with E-state index in [1.807, 2.05) is 0 Å². The third-order valence-electron chi connectivity index (χ3n) is 3.50. The molecule has 1 aromatic rings. The Hall–Kier alpha value is -1.82. The SMILES string of the molecule is CN1CCCC1CCOc1cnc(N)cc1C(=O)O. The van der Waals surface area contributed by atoms with Crippen LogP contribution in [0.1, 0.15) is 29.6 Å².